The minimum Gasteiger partial charge on any atom is -0.411 e. The highest BCUT2D eigenvalue weighted by molar-refractivity contribution is 8.00. The molecule has 1 aliphatic heterocycles. The first-order valence-corrected chi connectivity index (χ1v) is 7.78. The first-order valence-electron chi connectivity index (χ1n) is 6.90. The maximum atomic E-state index is 12.9. The van der Waals surface area contributed by atoms with Crippen LogP contribution >= 0.6 is 11.8 Å². The van der Waals surface area contributed by atoms with Crippen molar-refractivity contribution >= 4 is 23.7 Å². The molecule has 1 aliphatic rings. The minimum atomic E-state index is -0.541. The SMILES string of the molecule is CC(Sc1nnc(-c2ccc(F)cc2)o1)C(=O)N1CCNC1=O. The Kier molecular flexibility index (Phi) is 4.28. The number of nitrogens with zero attached hydrogens (tertiary/aromatic N) is 3. The molecule has 1 aromatic heterocycles. The van der Waals surface area contributed by atoms with Crippen molar-refractivity contribution < 1.29 is 18.4 Å². The number of thioether (sulfide) groups is 1. The maximum absolute atomic E-state index is 12.9. The van der Waals surface area contributed by atoms with Gasteiger partial charge in [0.05, 0.1) is 5.25 Å². The Hall–Kier alpha value is -2.42. The number of rotatable bonds is 4. The van der Waals surface area contributed by atoms with Gasteiger partial charge in [-0.3, -0.25) is 9.69 Å². The molecule has 1 fully saturated rings. The molecule has 2 aromatic rings. The summed E-state index contributed by atoms with van der Waals surface area (Å²) < 4.78 is 18.4. The van der Waals surface area contributed by atoms with Crippen LogP contribution in [0.3, 0.4) is 0 Å². The van der Waals surface area contributed by atoms with E-state index in [-0.39, 0.29) is 28.9 Å². The second kappa shape index (κ2) is 6.37. The molecule has 1 unspecified atom stereocenters. The molecule has 23 heavy (non-hydrogen) atoms. The normalized spacial score (nSPS) is 15.6. The fourth-order valence-electron chi connectivity index (χ4n) is 2.07. The first kappa shape index (κ1) is 15.5. The van der Waals surface area contributed by atoms with Crippen LogP contribution in [0.15, 0.2) is 33.9 Å². The molecule has 0 spiro atoms. The number of hydrogen-bond acceptors (Lipinski definition) is 6. The lowest BCUT2D eigenvalue weighted by Crippen LogP contribution is -2.38. The third-order valence-electron chi connectivity index (χ3n) is 3.25. The summed E-state index contributed by atoms with van der Waals surface area (Å²) >= 11 is 1.07. The number of hydrogen-bond donors (Lipinski definition) is 1. The minimum absolute atomic E-state index is 0.213. The maximum Gasteiger partial charge on any atom is 0.324 e. The second-order valence-corrected chi connectivity index (χ2v) is 6.15. The Morgan fingerprint density at radius 1 is 1.39 bits per heavy atom. The molecule has 3 rings (SSSR count). The zero-order chi connectivity index (χ0) is 16.4. The number of amides is 3. The smallest absolute Gasteiger partial charge is 0.324 e. The highest BCUT2D eigenvalue weighted by Crippen LogP contribution is 2.27. The molecule has 0 aliphatic carbocycles. The molecule has 0 radical (unpaired) electrons. The standard InChI is InChI=1S/C14H13FN4O3S/c1-8(12(20)19-7-6-16-13(19)21)23-14-18-17-11(22-14)9-2-4-10(15)5-3-9/h2-5,8H,6-7H2,1H3,(H,16,21). The van der Waals surface area contributed by atoms with Crippen molar-refractivity contribution in [2.45, 2.75) is 17.4 Å². The van der Waals surface area contributed by atoms with E-state index in [1.807, 2.05) is 0 Å². The van der Waals surface area contributed by atoms with Gasteiger partial charge in [0.2, 0.25) is 11.8 Å². The van der Waals surface area contributed by atoms with Gasteiger partial charge in [-0.15, -0.1) is 10.2 Å². The molecule has 3 amide bonds. The van der Waals surface area contributed by atoms with Crippen LogP contribution in [0.1, 0.15) is 6.92 Å². The summed E-state index contributed by atoms with van der Waals surface area (Å²) in [5.74, 6) is -0.427. The second-order valence-electron chi connectivity index (χ2n) is 4.86. The summed E-state index contributed by atoms with van der Waals surface area (Å²) in [4.78, 5) is 24.8. The Morgan fingerprint density at radius 3 is 2.78 bits per heavy atom. The molecule has 1 aromatic carbocycles. The van der Waals surface area contributed by atoms with E-state index in [1.165, 1.54) is 24.3 Å². The Labute approximate surface area is 135 Å². The average Bonchev–Trinajstić information content (AvgIpc) is 3.16. The highest BCUT2D eigenvalue weighted by Gasteiger charge is 2.31. The monoisotopic (exact) mass is 336 g/mol. The Morgan fingerprint density at radius 2 is 2.13 bits per heavy atom. The van der Waals surface area contributed by atoms with Gasteiger partial charge in [-0.2, -0.15) is 0 Å². The van der Waals surface area contributed by atoms with E-state index in [0.717, 1.165) is 16.7 Å². The number of nitrogens with one attached hydrogen (secondary N) is 1. The van der Waals surface area contributed by atoms with Crippen molar-refractivity contribution in [3.8, 4) is 11.5 Å². The average molecular weight is 336 g/mol. The van der Waals surface area contributed by atoms with Crippen molar-refractivity contribution in [3.05, 3.63) is 30.1 Å². The summed E-state index contributed by atoms with van der Waals surface area (Å²) in [6.45, 7) is 2.48. The molecule has 9 heteroatoms. The quantitative estimate of drug-likeness (QED) is 0.858. The predicted molar refractivity (Wildman–Crippen MR) is 80.1 cm³/mol. The summed E-state index contributed by atoms with van der Waals surface area (Å²) in [5, 5.41) is 9.99. The van der Waals surface area contributed by atoms with Gasteiger partial charge in [0.15, 0.2) is 0 Å². The number of carbonyl (C=O) groups excluding carboxylic acids is 2. The first-order chi connectivity index (χ1) is 11.0. The van der Waals surface area contributed by atoms with Gasteiger partial charge in [-0.1, -0.05) is 11.8 Å². The summed E-state index contributed by atoms with van der Waals surface area (Å²) in [5.41, 5.74) is 0.587. The number of carbonyl (C=O) groups is 2. The van der Waals surface area contributed by atoms with Crippen LogP contribution in [-0.2, 0) is 4.79 Å². The van der Waals surface area contributed by atoms with Crippen LogP contribution in [0.25, 0.3) is 11.5 Å². The van der Waals surface area contributed by atoms with Gasteiger partial charge in [0.25, 0.3) is 5.22 Å². The number of imide groups is 1. The molecule has 120 valence electrons. The third kappa shape index (κ3) is 3.34. The Balaban J connectivity index is 1.67. The number of halogens is 1. The molecule has 2 heterocycles. The van der Waals surface area contributed by atoms with Crippen LogP contribution < -0.4 is 5.32 Å². The lowest BCUT2D eigenvalue weighted by molar-refractivity contribution is -0.126. The van der Waals surface area contributed by atoms with Gasteiger partial charge in [-0.05, 0) is 31.2 Å². The lowest BCUT2D eigenvalue weighted by atomic mass is 10.2. The number of benzene rings is 1. The van der Waals surface area contributed by atoms with Crippen LogP contribution in [0.5, 0.6) is 0 Å². The summed E-state index contributed by atoms with van der Waals surface area (Å²) in [6.07, 6.45) is 0. The van der Waals surface area contributed by atoms with Gasteiger partial charge in [0, 0.05) is 18.7 Å². The molecular weight excluding hydrogens is 323 g/mol. The van der Waals surface area contributed by atoms with Crippen molar-refractivity contribution in [1.29, 1.82) is 0 Å². The van der Waals surface area contributed by atoms with Gasteiger partial charge in [0.1, 0.15) is 5.82 Å². The fourth-order valence-corrected chi connectivity index (χ4v) is 2.82. The van der Waals surface area contributed by atoms with E-state index in [1.54, 1.807) is 6.92 Å². The highest BCUT2D eigenvalue weighted by atomic mass is 32.2. The van der Waals surface area contributed by atoms with Crippen LogP contribution in [0.4, 0.5) is 9.18 Å². The van der Waals surface area contributed by atoms with E-state index < -0.39 is 5.25 Å². The molecule has 1 N–H and O–H groups in total. The molecule has 1 atom stereocenters. The van der Waals surface area contributed by atoms with E-state index in [0.29, 0.717) is 18.7 Å². The molecule has 0 bridgehead atoms. The molecule has 1 saturated heterocycles. The van der Waals surface area contributed by atoms with E-state index in [9.17, 15) is 14.0 Å². The van der Waals surface area contributed by atoms with Crippen LogP contribution in [0, 0.1) is 5.82 Å². The third-order valence-corrected chi connectivity index (χ3v) is 4.17. The van der Waals surface area contributed by atoms with E-state index in [4.69, 9.17) is 4.42 Å². The van der Waals surface area contributed by atoms with Crippen molar-refractivity contribution in [2.75, 3.05) is 13.1 Å². The van der Waals surface area contributed by atoms with Crippen molar-refractivity contribution in [1.82, 2.24) is 20.4 Å². The van der Waals surface area contributed by atoms with Crippen molar-refractivity contribution in [2.24, 2.45) is 0 Å². The van der Waals surface area contributed by atoms with Gasteiger partial charge < -0.3 is 9.73 Å². The van der Waals surface area contributed by atoms with E-state index >= 15 is 0 Å². The van der Waals surface area contributed by atoms with Crippen LogP contribution in [0.2, 0.25) is 0 Å². The topological polar surface area (TPSA) is 88.3 Å². The molecule has 7 nitrogen and oxygen atoms in total. The van der Waals surface area contributed by atoms with Crippen molar-refractivity contribution in [3.63, 3.8) is 0 Å². The number of aromatic nitrogens is 2. The zero-order valence-corrected chi connectivity index (χ0v) is 13.0. The predicted octanol–water partition coefficient (Wildman–Crippen LogP) is 1.91. The van der Waals surface area contributed by atoms with Gasteiger partial charge in [-0.25, -0.2) is 9.18 Å². The zero-order valence-electron chi connectivity index (χ0n) is 12.2. The fraction of sp³-hybridized carbons (Fsp3) is 0.286. The number of urea groups is 1. The molecular formula is C14H13FN4O3S. The lowest BCUT2D eigenvalue weighted by Gasteiger charge is -2.15. The largest absolute Gasteiger partial charge is 0.411 e. The van der Waals surface area contributed by atoms with E-state index in [2.05, 4.69) is 15.5 Å². The van der Waals surface area contributed by atoms with Crippen LogP contribution in [-0.4, -0.2) is 45.4 Å². The van der Waals surface area contributed by atoms with Gasteiger partial charge >= 0.3 is 6.03 Å². The Bertz CT molecular complexity index is 734. The molecule has 0 saturated carbocycles. The summed E-state index contributed by atoms with van der Waals surface area (Å²) in [6, 6.07) is 5.26. The summed E-state index contributed by atoms with van der Waals surface area (Å²) in [7, 11) is 0.